The van der Waals surface area contributed by atoms with Gasteiger partial charge in [-0.1, -0.05) is 13.8 Å². The molecule has 0 bridgehead atoms. The van der Waals surface area contributed by atoms with Gasteiger partial charge in [-0.05, 0) is 75.8 Å². The van der Waals surface area contributed by atoms with Crippen LogP contribution in [0.5, 0.6) is 0 Å². The molecule has 45 heavy (non-hydrogen) atoms. The van der Waals surface area contributed by atoms with Crippen molar-refractivity contribution >= 4 is 17.7 Å². The van der Waals surface area contributed by atoms with Crippen LogP contribution in [0.1, 0.15) is 70.4 Å². The highest BCUT2D eigenvalue weighted by atomic mass is 19.4. The summed E-state index contributed by atoms with van der Waals surface area (Å²) in [6.45, 7) is 6.16. The molecule has 0 radical (unpaired) electrons. The lowest BCUT2D eigenvalue weighted by Crippen LogP contribution is -2.54. The number of hydrogen-bond donors (Lipinski definition) is 1. The lowest BCUT2D eigenvalue weighted by atomic mass is 9.81. The number of carboxylic acids is 1. The summed E-state index contributed by atoms with van der Waals surface area (Å²) in [6, 6.07) is 3.61. The number of benzene rings is 1. The van der Waals surface area contributed by atoms with Crippen LogP contribution in [0, 0.1) is 5.41 Å². The van der Waals surface area contributed by atoms with Crippen molar-refractivity contribution in [2.75, 3.05) is 37.6 Å². The van der Waals surface area contributed by atoms with Gasteiger partial charge < -0.3 is 19.6 Å². The highest BCUT2D eigenvalue weighted by Gasteiger charge is 2.60. The lowest BCUT2D eigenvalue weighted by molar-refractivity contribution is -0.308. The number of ether oxygens (including phenoxy) is 1. The number of hydrogen-bond acceptors (Lipinski definition) is 5. The van der Waals surface area contributed by atoms with Gasteiger partial charge in [-0.25, -0.2) is 4.79 Å². The van der Waals surface area contributed by atoms with Gasteiger partial charge in [0.2, 0.25) is 0 Å². The predicted octanol–water partition coefficient (Wildman–Crippen LogP) is 7.48. The van der Waals surface area contributed by atoms with Crippen LogP contribution in [0.3, 0.4) is 0 Å². The highest BCUT2D eigenvalue weighted by molar-refractivity contribution is 5.75. The molecule has 1 spiro atoms. The highest BCUT2D eigenvalue weighted by Crippen LogP contribution is 2.42. The minimum absolute atomic E-state index is 0.0339. The third kappa shape index (κ3) is 8.47. The van der Waals surface area contributed by atoms with Gasteiger partial charge in [-0.2, -0.15) is 39.5 Å². The van der Waals surface area contributed by atoms with Gasteiger partial charge in [-0.3, -0.25) is 9.69 Å². The first kappa shape index (κ1) is 36.6. The number of rotatable bonds is 5. The zero-order valence-corrected chi connectivity index (χ0v) is 25.2. The second-order valence-electron chi connectivity index (χ2n) is 11.9. The topological polar surface area (TPSA) is 73.3 Å². The van der Waals surface area contributed by atoms with Gasteiger partial charge >= 0.3 is 30.6 Å². The number of piperidine rings is 2. The molecule has 0 aliphatic carbocycles. The summed E-state index contributed by atoms with van der Waals surface area (Å²) in [5, 5.41) is 9.65. The van der Waals surface area contributed by atoms with Crippen LogP contribution in [0.4, 0.5) is 50.0 Å². The number of likely N-dealkylation sites (tertiary alicyclic amines) is 2. The minimum Gasteiger partial charge on any atom is -0.481 e. The minimum atomic E-state index is -5.84. The van der Waals surface area contributed by atoms with E-state index in [-0.39, 0.29) is 44.7 Å². The van der Waals surface area contributed by atoms with Crippen molar-refractivity contribution in [2.45, 2.75) is 96.0 Å². The summed E-state index contributed by atoms with van der Waals surface area (Å²) in [5.41, 5.74) is -2.06. The van der Waals surface area contributed by atoms with Crippen molar-refractivity contribution in [2.24, 2.45) is 5.41 Å². The molecule has 0 aromatic heterocycles. The smallest absolute Gasteiger partial charge is 0.434 e. The van der Waals surface area contributed by atoms with Gasteiger partial charge in [0.15, 0.2) is 0 Å². The van der Waals surface area contributed by atoms with Gasteiger partial charge in [0, 0.05) is 44.0 Å². The third-order valence-corrected chi connectivity index (χ3v) is 8.76. The lowest BCUT2D eigenvalue weighted by Gasteiger charge is -2.45. The standard InChI is InChI=1S/C27H32F9N3O4.C2H6/c1-23(21(40)41)4-2-8-38(16-23)19-13-17(12-18(14-19)25(28,29)30)15-39-9-3-5-24(39)6-10-37(11-7-24)22(42)43-20(26(31,32)33)27(34,35)36;1-2/h12-14,20H,2-11,15-16H2,1H3,(H,40,41);1-2H3. The maximum absolute atomic E-state index is 13.9. The van der Waals surface area contributed by atoms with Gasteiger partial charge in [-0.15, -0.1) is 0 Å². The van der Waals surface area contributed by atoms with Crippen molar-refractivity contribution in [1.29, 1.82) is 0 Å². The number of amides is 1. The van der Waals surface area contributed by atoms with Gasteiger partial charge in [0.25, 0.3) is 6.10 Å². The average molecular weight is 664 g/mol. The number of nitrogens with zero attached hydrogens (tertiary/aromatic N) is 3. The normalized spacial score (nSPS) is 22.8. The molecule has 1 atom stereocenters. The molecule has 3 aliphatic heterocycles. The Bertz CT molecular complexity index is 1180. The summed E-state index contributed by atoms with van der Waals surface area (Å²) in [4.78, 5) is 28.4. The Morgan fingerprint density at radius 2 is 1.44 bits per heavy atom. The fourth-order valence-corrected chi connectivity index (χ4v) is 6.37. The summed E-state index contributed by atoms with van der Waals surface area (Å²) >= 11 is 0. The van der Waals surface area contributed by atoms with E-state index in [0.29, 0.717) is 44.3 Å². The molecular formula is C29H38F9N3O4. The second-order valence-corrected chi connectivity index (χ2v) is 11.9. The SMILES string of the molecule is CC.CC1(C(=O)O)CCCN(c2cc(CN3CCCC34CCN(C(=O)OC(C(F)(F)F)C(F)(F)F)CC4)cc(C(F)(F)F)c2)C1. The fraction of sp³-hybridized carbons (Fsp3) is 0.724. The molecule has 1 amide bonds. The van der Waals surface area contributed by atoms with Crippen LogP contribution in [-0.4, -0.2) is 83.7 Å². The van der Waals surface area contributed by atoms with E-state index in [0.717, 1.165) is 17.0 Å². The third-order valence-electron chi connectivity index (χ3n) is 8.76. The zero-order chi connectivity index (χ0) is 34.0. The van der Waals surface area contributed by atoms with E-state index >= 15 is 0 Å². The Morgan fingerprint density at radius 1 is 0.867 bits per heavy atom. The van der Waals surface area contributed by atoms with Gasteiger partial charge in [0.05, 0.1) is 11.0 Å². The van der Waals surface area contributed by atoms with Gasteiger partial charge in [0.1, 0.15) is 0 Å². The number of aliphatic carboxylic acids is 1. The van der Waals surface area contributed by atoms with Crippen LogP contribution in [-0.2, 0) is 22.3 Å². The van der Waals surface area contributed by atoms with Crippen LogP contribution in [0.25, 0.3) is 0 Å². The number of halogens is 9. The first-order valence-electron chi connectivity index (χ1n) is 14.8. The van der Waals surface area contributed by atoms with Crippen molar-refractivity contribution in [3.05, 3.63) is 29.3 Å². The molecule has 3 heterocycles. The van der Waals surface area contributed by atoms with E-state index in [9.17, 15) is 54.2 Å². The Morgan fingerprint density at radius 3 is 1.98 bits per heavy atom. The molecule has 4 rings (SSSR count). The van der Waals surface area contributed by atoms with E-state index in [1.165, 1.54) is 0 Å². The Balaban J connectivity index is 0.00000271. The van der Waals surface area contributed by atoms with E-state index < -0.39 is 53.2 Å². The molecule has 3 saturated heterocycles. The van der Waals surface area contributed by atoms with Crippen LogP contribution in [0.15, 0.2) is 18.2 Å². The van der Waals surface area contributed by atoms with E-state index in [1.54, 1.807) is 17.9 Å². The van der Waals surface area contributed by atoms with Crippen molar-refractivity contribution in [3.8, 4) is 0 Å². The largest absolute Gasteiger partial charge is 0.481 e. The summed E-state index contributed by atoms with van der Waals surface area (Å²) in [7, 11) is 0. The van der Waals surface area contributed by atoms with Crippen LogP contribution >= 0.6 is 0 Å². The molecule has 3 aliphatic rings. The first-order chi connectivity index (χ1) is 20.7. The van der Waals surface area contributed by atoms with E-state index in [2.05, 4.69) is 4.74 Å². The second kappa shape index (κ2) is 13.4. The van der Waals surface area contributed by atoms with E-state index in [4.69, 9.17) is 0 Å². The van der Waals surface area contributed by atoms with E-state index in [1.807, 2.05) is 18.7 Å². The number of carbonyl (C=O) groups is 2. The molecule has 1 aromatic rings. The average Bonchev–Trinajstić information content (AvgIpc) is 3.32. The first-order valence-corrected chi connectivity index (χ1v) is 14.8. The zero-order valence-electron chi connectivity index (χ0n) is 25.2. The molecule has 16 heteroatoms. The molecular weight excluding hydrogens is 625 g/mol. The predicted molar refractivity (Wildman–Crippen MR) is 146 cm³/mol. The molecule has 3 fully saturated rings. The number of carboxylic acid groups (broad SMARTS) is 1. The summed E-state index contributed by atoms with van der Waals surface area (Å²) in [6.07, 6.45) is -19.9. The van der Waals surface area contributed by atoms with Crippen molar-refractivity contribution in [1.82, 2.24) is 9.80 Å². The molecule has 1 N–H and O–H groups in total. The number of anilines is 1. The number of alkyl halides is 9. The van der Waals surface area contributed by atoms with Crippen LogP contribution in [0.2, 0.25) is 0 Å². The summed E-state index contributed by atoms with van der Waals surface area (Å²) < 4.78 is 123. The fourth-order valence-electron chi connectivity index (χ4n) is 6.37. The molecule has 7 nitrogen and oxygen atoms in total. The maximum Gasteiger partial charge on any atom is 0.434 e. The Labute approximate surface area is 255 Å². The molecule has 1 aromatic carbocycles. The monoisotopic (exact) mass is 663 g/mol. The van der Waals surface area contributed by atoms with Crippen molar-refractivity contribution < 1.29 is 58.9 Å². The molecule has 1 unspecified atom stereocenters. The summed E-state index contributed by atoms with van der Waals surface area (Å²) in [5.74, 6) is -1.04. The Kier molecular flexibility index (Phi) is 10.9. The number of carbonyl (C=O) groups excluding carboxylic acids is 1. The van der Waals surface area contributed by atoms with Crippen molar-refractivity contribution in [3.63, 3.8) is 0 Å². The molecule has 256 valence electrons. The Hall–Kier alpha value is -2.91. The van der Waals surface area contributed by atoms with Crippen LogP contribution < -0.4 is 4.90 Å². The molecule has 0 saturated carbocycles. The maximum atomic E-state index is 13.9. The quantitative estimate of drug-likeness (QED) is 0.330.